The zero-order valence-corrected chi connectivity index (χ0v) is 11.3. The molecule has 1 heterocycles. The Bertz CT molecular complexity index is 624. The number of ether oxygens (including phenoxy) is 1. The van der Waals surface area contributed by atoms with Gasteiger partial charge < -0.3 is 10.5 Å². The highest BCUT2D eigenvalue weighted by atomic mass is 35.5. The van der Waals surface area contributed by atoms with Gasteiger partial charge in [0.2, 0.25) is 5.69 Å². The third-order valence-corrected chi connectivity index (χ3v) is 2.80. The third-order valence-electron chi connectivity index (χ3n) is 2.56. The van der Waals surface area contributed by atoms with E-state index in [9.17, 15) is 4.79 Å². The number of hydrogen-bond acceptors (Lipinski definition) is 5. The molecule has 0 aliphatic carbocycles. The van der Waals surface area contributed by atoms with Crippen LogP contribution in [0, 0.1) is 6.92 Å². The number of carbonyl (C=O) groups excluding carboxylic acids is 1. The molecule has 0 saturated carbocycles. The lowest BCUT2D eigenvalue weighted by Crippen LogP contribution is -2.10. The Balaban J connectivity index is 2.44. The smallest absolute Gasteiger partial charge is 0.362 e. The SMILES string of the molecule is CCOC(=O)c1nnn(-c2ccc(Cl)cc2C)c1N. The minimum atomic E-state index is -0.585. The summed E-state index contributed by atoms with van der Waals surface area (Å²) < 4.78 is 6.24. The molecular formula is C12H13ClN4O2. The Labute approximate surface area is 115 Å². The molecule has 0 amide bonds. The summed E-state index contributed by atoms with van der Waals surface area (Å²) in [6.45, 7) is 3.83. The quantitative estimate of drug-likeness (QED) is 0.869. The third kappa shape index (κ3) is 2.53. The molecule has 100 valence electrons. The second kappa shape index (κ2) is 5.27. The van der Waals surface area contributed by atoms with Crippen LogP contribution in [0.5, 0.6) is 0 Å². The number of carbonyl (C=O) groups is 1. The van der Waals surface area contributed by atoms with Crippen LogP contribution in [-0.4, -0.2) is 27.6 Å². The minimum Gasteiger partial charge on any atom is -0.461 e. The summed E-state index contributed by atoms with van der Waals surface area (Å²) in [4.78, 5) is 11.6. The fourth-order valence-electron chi connectivity index (χ4n) is 1.67. The van der Waals surface area contributed by atoms with Gasteiger partial charge in [0.05, 0.1) is 12.3 Å². The monoisotopic (exact) mass is 280 g/mol. The predicted molar refractivity (Wildman–Crippen MR) is 71.5 cm³/mol. The molecule has 1 aromatic carbocycles. The van der Waals surface area contributed by atoms with Gasteiger partial charge in [-0.15, -0.1) is 5.10 Å². The van der Waals surface area contributed by atoms with Gasteiger partial charge in [-0.1, -0.05) is 16.8 Å². The van der Waals surface area contributed by atoms with Crippen LogP contribution in [0.2, 0.25) is 5.02 Å². The Morgan fingerprint density at radius 2 is 2.26 bits per heavy atom. The summed E-state index contributed by atoms with van der Waals surface area (Å²) in [6.07, 6.45) is 0. The van der Waals surface area contributed by atoms with Crippen LogP contribution in [0.1, 0.15) is 23.0 Å². The highest BCUT2D eigenvalue weighted by Gasteiger charge is 2.20. The van der Waals surface area contributed by atoms with Gasteiger partial charge in [0.15, 0.2) is 5.82 Å². The Morgan fingerprint density at radius 3 is 2.89 bits per heavy atom. The summed E-state index contributed by atoms with van der Waals surface area (Å²) in [5.74, 6) is -0.443. The maximum Gasteiger partial charge on any atom is 0.362 e. The van der Waals surface area contributed by atoms with E-state index in [0.717, 1.165) is 5.56 Å². The van der Waals surface area contributed by atoms with E-state index in [4.69, 9.17) is 22.1 Å². The van der Waals surface area contributed by atoms with E-state index in [1.807, 2.05) is 6.92 Å². The number of benzene rings is 1. The molecule has 7 heteroatoms. The van der Waals surface area contributed by atoms with Gasteiger partial charge in [-0.05, 0) is 37.6 Å². The lowest BCUT2D eigenvalue weighted by atomic mass is 10.2. The highest BCUT2D eigenvalue weighted by molar-refractivity contribution is 6.30. The number of nitrogens with two attached hydrogens (primary N) is 1. The number of halogens is 1. The van der Waals surface area contributed by atoms with Crippen molar-refractivity contribution < 1.29 is 9.53 Å². The average molecular weight is 281 g/mol. The zero-order chi connectivity index (χ0) is 14.0. The molecule has 1 aromatic heterocycles. The van der Waals surface area contributed by atoms with Crippen molar-refractivity contribution in [3.05, 3.63) is 34.5 Å². The molecule has 2 N–H and O–H groups in total. The van der Waals surface area contributed by atoms with E-state index in [2.05, 4.69) is 10.3 Å². The van der Waals surface area contributed by atoms with Crippen molar-refractivity contribution in [3.63, 3.8) is 0 Å². The van der Waals surface area contributed by atoms with Crippen LogP contribution in [0.15, 0.2) is 18.2 Å². The van der Waals surface area contributed by atoms with Crippen molar-refractivity contribution in [1.82, 2.24) is 15.0 Å². The normalized spacial score (nSPS) is 10.5. The number of aryl methyl sites for hydroxylation is 1. The van der Waals surface area contributed by atoms with Crippen molar-refractivity contribution in [1.29, 1.82) is 0 Å². The van der Waals surface area contributed by atoms with Crippen molar-refractivity contribution >= 4 is 23.4 Å². The topological polar surface area (TPSA) is 83.0 Å². The van der Waals surface area contributed by atoms with Crippen LogP contribution in [0.4, 0.5) is 5.82 Å². The van der Waals surface area contributed by atoms with E-state index in [1.54, 1.807) is 25.1 Å². The first-order valence-electron chi connectivity index (χ1n) is 5.69. The maximum absolute atomic E-state index is 11.6. The minimum absolute atomic E-state index is 0.0104. The van der Waals surface area contributed by atoms with Crippen molar-refractivity contribution in [2.24, 2.45) is 0 Å². The number of aromatic nitrogens is 3. The number of nitrogens with zero attached hydrogens (tertiary/aromatic N) is 3. The fourth-order valence-corrected chi connectivity index (χ4v) is 1.90. The van der Waals surface area contributed by atoms with E-state index < -0.39 is 5.97 Å². The predicted octanol–water partition coefficient (Wildman–Crippen LogP) is 1.99. The van der Waals surface area contributed by atoms with E-state index in [-0.39, 0.29) is 18.1 Å². The Kier molecular flexibility index (Phi) is 3.71. The van der Waals surface area contributed by atoms with Crippen molar-refractivity contribution in [2.45, 2.75) is 13.8 Å². The number of esters is 1. The van der Waals surface area contributed by atoms with Crippen LogP contribution in [0.3, 0.4) is 0 Å². The first-order chi connectivity index (χ1) is 9.04. The van der Waals surface area contributed by atoms with Crippen LogP contribution < -0.4 is 5.73 Å². The van der Waals surface area contributed by atoms with Crippen molar-refractivity contribution in [2.75, 3.05) is 12.3 Å². The molecule has 0 aliphatic heterocycles. The molecule has 0 fully saturated rings. The summed E-state index contributed by atoms with van der Waals surface area (Å²) in [7, 11) is 0. The summed E-state index contributed by atoms with van der Waals surface area (Å²) in [5, 5.41) is 8.25. The lowest BCUT2D eigenvalue weighted by Gasteiger charge is -2.07. The number of hydrogen-bond donors (Lipinski definition) is 1. The average Bonchev–Trinajstić information content (AvgIpc) is 2.72. The lowest BCUT2D eigenvalue weighted by molar-refractivity contribution is 0.0520. The van der Waals surface area contributed by atoms with Gasteiger partial charge in [0.25, 0.3) is 0 Å². The molecule has 0 radical (unpaired) electrons. The number of nitrogen functional groups attached to an aromatic ring is 1. The number of rotatable bonds is 3. The van der Waals surface area contributed by atoms with Gasteiger partial charge >= 0.3 is 5.97 Å². The molecule has 0 spiro atoms. The first kappa shape index (κ1) is 13.4. The van der Waals surface area contributed by atoms with Crippen LogP contribution >= 0.6 is 11.6 Å². The second-order valence-corrected chi connectivity index (χ2v) is 4.32. The Morgan fingerprint density at radius 1 is 1.53 bits per heavy atom. The van der Waals surface area contributed by atoms with Gasteiger partial charge in [0.1, 0.15) is 0 Å². The maximum atomic E-state index is 11.6. The molecule has 0 atom stereocenters. The highest BCUT2D eigenvalue weighted by Crippen LogP contribution is 2.21. The van der Waals surface area contributed by atoms with Gasteiger partial charge in [0, 0.05) is 5.02 Å². The molecule has 0 unspecified atom stereocenters. The molecule has 0 bridgehead atoms. The van der Waals surface area contributed by atoms with Gasteiger partial charge in [-0.25, -0.2) is 4.79 Å². The molecule has 0 aliphatic rings. The largest absolute Gasteiger partial charge is 0.461 e. The molecule has 19 heavy (non-hydrogen) atoms. The van der Waals surface area contributed by atoms with Gasteiger partial charge in [-0.3, -0.25) is 0 Å². The zero-order valence-electron chi connectivity index (χ0n) is 10.6. The van der Waals surface area contributed by atoms with E-state index in [1.165, 1.54) is 4.68 Å². The molecular weight excluding hydrogens is 268 g/mol. The fraction of sp³-hybridized carbons (Fsp3) is 0.250. The van der Waals surface area contributed by atoms with E-state index in [0.29, 0.717) is 10.7 Å². The molecule has 2 rings (SSSR count). The Hall–Kier alpha value is -2.08. The molecule has 2 aromatic rings. The molecule has 0 saturated heterocycles. The first-order valence-corrected chi connectivity index (χ1v) is 6.07. The van der Waals surface area contributed by atoms with Crippen molar-refractivity contribution in [3.8, 4) is 5.69 Å². The molecule has 6 nitrogen and oxygen atoms in total. The van der Waals surface area contributed by atoms with E-state index >= 15 is 0 Å². The second-order valence-electron chi connectivity index (χ2n) is 3.89. The standard InChI is InChI=1S/C12H13ClN4O2/c1-3-19-12(18)10-11(14)17(16-15-10)9-5-4-8(13)6-7(9)2/h4-6H,3,14H2,1-2H3. The number of anilines is 1. The van der Waals surface area contributed by atoms with Crippen LogP contribution in [0.25, 0.3) is 5.69 Å². The summed E-state index contributed by atoms with van der Waals surface area (Å²) in [5.41, 5.74) is 7.48. The van der Waals surface area contributed by atoms with Gasteiger partial charge in [-0.2, -0.15) is 4.68 Å². The summed E-state index contributed by atoms with van der Waals surface area (Å²) >= 11 is 5.89. The summed E-state index contributed by atoms with van der Waals surface area (Å²) in [6, 6.07) is 5.26. The van der Waals surface area contributed by atoms with Crippen LogP contribution in [-0.2, 0) is 4.74 Å².